The van der Waals surface area contributed by atoms with Crippen LogP contribution in [0.15, 0.2) is 18.2 Å². The fraction of sp³-hybridized carbons (Fsp3) is 0.625. The number of β-amino-alcohol motifs (C(OH)–C–C–N with tert-alkyl or cyclic N) is 1. The summed E-state index contributed by atoms with van der Waals surface area (Å²) < 4.78 is 30.7. The van der Waals surface area contributed by atoms with Crippen molar-refractivity contribution in [2.24, 2.45) is 0 Å². The second-order valence-corrected chi connectivity index (χ2v) is 8.29. The molecule has 2 heterocycles. The summed E-state index contributed by atoms with van der Waals surface area (Å²) in [4.78, 5) is 2.19. The summed E-state index contributed by atoms with van der Waals surface area (Å²) in [5, 5.41) is 10.5. The van der Waals surface area contributed by atoms with E-state index in [2.05, 4.69) is 4.90 Å². The van der Waals surface area contributed by atoms with E-state index in [0.717, 1.165) is 29.9 Å². The van der Waals surface area contributed by atoms with Gasteiger partial charge in [0.2, 0.25) is 10.0 Å². The van der Waals surface area contributed by atoms with E-state index < -0.39 is 16.1 Å². The fourth-order valence-electron chi connectivity index (χ4n) is 3.47. The number of hydrogen-bond donors (Lipinski definition) is 1. The van der Waals surface area contributed by atoms with Gasteiger partial charge in [0, 0.05) is 25.7 Å². The third kappa shape index (κ3) is 3.52. The monoisotopic (exact) mass is 340 g/mol. The van der Waals surface area contributed by atoms with Crippen molar-refractivity contribution in [3.05, 3.63) is 29.3 Å². The zero-order chi connectivity index (χ0) is 16.6. The normalized spacial score (nSPS) is 23.8. The first-order valence-electron chi connectivity index (χ1n) is 7.96. The van der Waals surface area contributed by atoms with Crippen molar-refractivity contribution in [2.45, 2.75) is 25.5 Å². The number of morpholine rings is 1. The Morgan fingerprint density at radius 1 is 1.35 bits per heavy atom. The number of nitrogens with zero attached hydrogens (tertiary/aromatic N) is 2. The average Bonchev–Trinajstić information content (AvgIpc) is 2.82. The zero-order valence-corrected chi connectivity index (χ0v) is 14.4. The summed E-state index contributed by atoms with van der Waals surface area (Å²) in [5.41, 5.74) is 2.57. The number of aliphatic hydroxyl groups is 1. The lowest BCUT2D eigenvalue weighted by molar-refractivity contribution is 0.0143. The fourth-order valence-corrected chi connectivity index (χ4v) is 4.73. The second kappa shape index (κ2) is 6.39. The van der Waals surface area contributed by atoms with Crippen molar-refractivity contribution in [3.8, 4) is 0 Å². The lowest BCUT2D eigenvalue weighted by Crippen LogP contribution is -2.38. The van der Waals surface area contributed by atoms with Gasteiger partial charge in [-0.2, -0.15) is 0 Å². The van der Waals surface area contributed by atoms with Gasteiger partial charge in [0.15, 0.2) is 0 Å². The maximum absolute atomic E-state index is 11.9. The Balaban J connectivity index is 1.78. The first-order chi connectivity index (χ1) is 10.9. The molecule has 3 rings (SSSR count). The first-order valence-corrected chi connectivity index (χ1v) is 9.81. The number of sulfonamides is 1. The number of benzene rings is 1. The van der Waals surface area contributed by atoms with Crippen molar-refractivity contribution in [1.29, 1.82) is 0 Å². The Hall–Kier alpha value is -1.15. The van der Waals surface area contributed by atoms with Crippen molar-refractivity contribution in [1.82, 2.24) is 4.90 Å². The van der Waals surface area contributed by atoms with Gasteiger partial charge in [-0.1, -0.05) is 12.1 Å². The summed E-state index contributed by atoms with van der Waals surface area (Å²) >= 11 is 0. The molecule has 2 atom stereocenters. The van der Waals surface area contributed by atoms with Gasteiger partial charge >= 0.3 is 0 Å². The number of aliphatic hydroxyl groups excluding tert-OH is 1. The second-order valence-electron chi connectivity index (χ2n) is 6.43. The molecule has 1 saturated heterocycles. The van der Waals surface area contributed by atoms with Gasteiger partial charge in [-0.25, -0.2) is 8.42 Å². The average molecular weight is 340 g/mol. The van der Waals surface area contributed by atoms with Crippen LogP contribution in [0.2, 0.25) is 0 Å². The molecule has 0 saturated carbocycles. The van der Waals surface area contributed by atoms with Crippen LogP contribution in [0.1, 0.15) is 24.2 Å². The molecule has 6 nitrogen and oxygen atoms in total. The summed E-state index contributed by atoms with van der Waals surface area (Å²) in [7, 11) is -3.27. The number of rotatable bonds is 4. The van der Waals surface area contributed by atoms with E-state index in [9.17, 15) is 13.5 Å². The number of anilines is 1. The molecule has 23 heavy (non-hydrogen) atoms. The third-order valence-corrected chi connectivity index (χ3v) is 5.80. The minimum Gasteiger partial charge on any atom is -0.387 e. The van der Waals surface area contributed by atoms with Gasteiger partial charge in [-0.05, 0) is 30.5 Å². The first kappa shape index (κ1) is 16.7. The van der Waals surface area contributed by atoms with Crippen LogP contribution in [0.3, 0.4) is 0 Å². The van der Waals surface area contributed by atoms with Crippen LogP contribution in [-0.2, 0) is 21.2 Å². The van der Waals surface area contributed by atoms with E-state index in [-0.39, 0.29) is 6.04 Å². The molecule has 2 aliphatic rings. The predicted molar refractivity (Wildman–Crippen MR) is 89.1 cm³/mol. The molecule has 0 unspecified atom stereocenters. The minimum atomic E-state index is -3.27. The molecule has 1 aromatic carbocycles. The maximum atomic E-state index is 11.9. The number of hydrogen-bond acceptors (Lipinski definition) is 5. The van der Waals surface area contributed by atoms with Crippen LogP contribution < -0.4 is 4.31 Å². The smallest absolute Gasteiger partial charge is 0.232 e. The Kier molecular flexibility index (Phi) is 4.64. The largest absolute Gasteiger partial charge is 0.387 e. The predicted octanol–water partition coefficient (Wildman–Crippen LogP) is 0.763. The topological polar surface area (TPSA) is 70.1 Å². The lowest BCUT2D eigenvalue weighted by atomic mass is 10.0. The molecule has 1 aromatic rings. The number of ether oxygens (including phenoxy) is 1. The van der Waals surface area contributed by atoms with Gasteiger partial charge in [0.25, 0.3) is 0 Å². The quantitative estimate of drug-likeness (QED) is 0.876. The van der Waals surface area contributed by atoms with Crippen LogP contribution in [-0.4, -0.2) is 63.6 Å². The van der Waals surface area contributed by atoms with Gasteiger partial charge in [0.05, 0.1) is 31.3 Å². The standard InChI is InChI=1S/C16H24N2O4S/c1-12-9-14-10-13(3-4-15(14)18(12)23(2,20)21)16(19)11-17-5-7-22-8-6-17/h3-4,10,12,16,19H,5-9,11H2,1-2H3/t12-,16+/m0/s1. The van der Waals surface area contributed by atoms with Crippen LogP contribution >= 0.6 is 0 Å². The molecule has 2 aliphatic heterocycles. The Bertz CT molecular complexity index is 671. The molecule has 0 amide bonds. The summed E-state index contributed by atoms with van der Waals surface area (Å²) in [5.74, 6) is 0. The molecule has 7 heteroatoms. The number of fused-ring (bicyclic) bond motifs is 1. The van der Waals surface area contributed by atoms with Gasteiger partial charge in [0.1, 0.15) is 0 Å². The SMILES string of the molecule is C[C@H]1Cc2cc([C@H](O)CN3CCOCC3)ccc2N1S(C)(=O)=O. The molecule has 0 radical (unpaired) electrons. The maximum Gasteiger partial charge on any atom is 0.232 e. The van der Waals surface area contributed by atoms with E-state index in [1.165, 1.54) is 10.6 Å². The highest BCUT2D eigenvalue weighted by Crippen LogP contribution is 2.35. The molecule has 1 N–H and O–H groups in total. The van der Waals surface area contributed by atoms with Crippen LogP contribution in [0.25, 0.3) is 0 Å². The molecule has 0 aromatic heterocycles. The summed E-state index contributed by atoms with van der Waals surface area (Å²) in [6.07, 6.45) is 1.35. The van der Waals surface area contributed by atoms with Crippen LogP contribution in [0.4, 0.5) is 5.69 Å². The van der Waals surface area contributed by atoms with E-state index in [0.29, 0.717) is 26.2 Å². The highest BCUT2D eigenvalue weighted by molar-refractivity contribution is 7.92. The molecule has 0 spiro atoms. The summed E-state index contributed by atoms with van der Waals surface area (Å²) in [6, 6.07) is 5.52. The summed E-state index contributed by atoms with van der Waals surface area (Å²) in [6.45, 7) is 5.57. The molecular weight excluding hydrogens is 316 g/mol. The Labute approximate surface area is 137 Å². The molecule has 0 bridgehead atoms. The molecule has 0 aliphatic carbocycles. The zero-order valence-electron chi connectivity index (χ0n) is 13.6. The van der Waals surface area contributed by atoms with Gasteiger partial charge < -0.3 is 9.84 Å². The molecule has 128 valence electrons. The Morgan fingerprint density at radius 2 is 2.04 bits per heavy atom. The molecule has 1 fully saturated rings. The van der Waals surface area contributed by atoms with Crippen molar-refractivity contribution in [2.75, 3.05) is 43.4 Å². The van der Waals surface area contributed by atoms with Crippen LogP contribution in [0, 0.1) is 0 Å². The third-order valence-electron chi connectivity index (χ3n) is 4.53. The highest BCUT2D eigenvalue weighted by atomic mass is 32.2. The van der Waals surface area contributed by atoms with Crippen LogP contribution in [0.5, 0.6) is 0 Å². The van der Waals surface area contributed by atoms with Gasteiger partial charge in [-0.15, -0.1) is 0 Å². The minimum absolute atomic E-state index is 0.0772. The molecular formula is C16H24N2O4S. The van der Waals surface area contributed by atoms with E-state index in [1.807, 2.05) is 25.1 Å². The van der Waals surface area contributed by atoms with Gasteiger partial charge in [-0.3, -0.25) is 9.21 Å². The van der Waals surface area contributed by atoms with E-state index in [4.69, 9.17) is 4.74 Å². The van der Waals surface area contributed by atoms with Crippen molar-refractivity contribution >= 4 is 15.7 Å². The Morgan fingerprint density at radius 3 is 2.70 bits per heavy atom. The van der Waals surface area contributed by atoms with E-state index >= 15 is 0 Å². The van der Waals surface area contributed by atoms with E-state index in [1.54, 1.807) is 0 Å². The lowest BCUT2D eigenvalue weighted by Gasteiger charge is -2.28. The highest BCUT2D eigenvalue weighted by Gasteiger charge is 2.32. The van der Waals surface area contributed by atoms with Crippen molar-refractivity contribution in [3.63, 3.8) is 0 Å². The van der Waals surface area contributed by atoms with Crippen molar-refractivity contribution < 1.29 is 18.3 Å².